The summed E-state index contributed by atoms with van der Waals surface area (Å²) in [5.74, 6) is -1.04. The maximum Gasteiger partial charge on any atom is 0.410 e. The van der Waals surface area contributed by atoms with Gasteiger partial charge < -0.3 is 19.5 Å². The van der Waals surface area contributed by atoms with Gasteiger partial charge in [-0.1, -0.05) is 6.07 Å². The molecule has 1 N–H and O–H groups in total. The second-order valence-electron chi connectivity index (χ2n) is 8.17. The zero-order valence-electron chi connectivity index (χ0n) is 15.8. The van der Waals surface area contributed by atoms with Gasteiger partial charge in [-0.25, -0.2) is 14.6 Å². The van der Waals surface area contributed by atoms with Crippen LogP contribution in [0.15, 0.2) is 22.9 Å². The molecule has 0 spiro atoms. The molecule has 3 unspecified atom stereocenters. The molecule has 2 heterocycles. The summed E-state index contributed by atoms with van der Waals surface area (Å²) < 4.78 is 12.2. The summed E-state index contributed by atoms with van der Waals surface area (Å²) in [6.45, 7) is 5.62. The lowest BCUT2D eigenvalue weighted by Gasteiger charge is -2.41. The zero-order chi connectivity index (χ0) is 19.8. The first-order valence-corrected chi connectivity index (χ1v) is 9.88. The Morgan fingerprint density at radius 1 is 1.44 bits per heavy atom. The van der Waals surface area contributed by atoms with Gasteiger partial charge in [-0.05, 0) is 62.0 Å². The van der Waals surface area contributed by atoms with Gasteiger partial charge in [0, 0.05) is 30.3 Å². The first kappa shape index (κ1) is 20.1. The molecule has 0 aromatic carbocycles. The fourth-order valence-corrected chi connectivity index (χ4v) is 4.76. The number of carboxylic acid groups (broad SMARTS) is 1. The van der Waals surface area contributed by atoms with Crippen molar-refractivity contribution in [2.24, 2.45) is 5.92 Å². The van der Waals surface area contributed by atoms with E-state index in [4.69, 9.17) is 9.47 Å². The number of carbonyl (C=O) groups excluding carboxylic acids is 1. The van der Waals surface area contributed by atoms with Crippen molar-refractivity contribution < 1.29 is 24.2 Å². The molecule has 2 bridgehead atoms. The second kappa shape index (κ2) is 7.39. The molecule has 2 fully saturated rings. The molecule has 27 heavy (non-hydrogen) atoms. The van der Waals surface area contributed by atoms with E-state index >= 15 is 0 Å². The van der Waals surface area contributed by atoms with E-state index in [1.165, 1.54) is 0 Å². The number of halogens is 1. The Hall–Kier alpha value is -1.67. The van der Waals surface area contributed by atoms with Gasteiger partial charge >= 0.3 is 12.1 Å². The molecule has 3 atom stereocenters. The van der Waals surface area contributed by atoms with Crippen LogP contribution in [0.4, 0.5) is 4.79 Å². The number of amides is 1. The van der Waals surface area contributed by atoms with Gasteiger partial charge in [-0.15, -0.1) is 0 Å². The first-order chi connectivity index (χ1) is 12.6. The molecule has 148 valence electrons. The molecule has 2 aliphatic rings. The fraction of sp³-hybridized carbons (Fsp3) is 0.632. The molecule has 0 radical (unpaired) electrons. The molecule has 1 aliphatic heterocycles. The monoisotopic (exact) mass is 440 g/mol. The number of aromatic nitrogens is 1. The van der Waals surface area contributed by atoms with E-state index in [2.05, 4.69) is 20.9 Å². The van der Waals surface area contributed by atoms with E-state index in [1.807, 2.05) is 32.9 Å². The van der Waals surface area contributed by atoms with E-state index in [0.29, 0.717) is 17.6 Å². The Morgan fingerprint density at radius 3 is 2.81 bits per heavy atom. The molecule has 3 rings (SSSR count). The van der Waals surface area contributed by atoms with Gasteiger partial charge in [0.2, 0.25) is 0 Å². The minimum Gasteiger partial charge on any atom is -0.480 e. The molecular weight excluding hydrogens is 416 g/mol. The largest absolute Gasteiger partial charge is 0.480 e. The number of pyridine rings is 1. The van der Waals surface area contributed by atoms with Crippen LogP contribution in [0.2, 0.25) is 0 Å². The SMILES string of the molecule is CC(C)(C)OC(=O)N1CC2CC1CCC2(OCC(=O)O)c1cccnc1Br. The van der Waals surface area contributed by atoms with Crippen molar-refractivity contribution in [1.29, 1.82) is 0 Å². The van der Waals surface area contributed by atoms with E-state index < -0.39 is 23.8 Å². The third-order valence-electron chi connectivity index (χ3n) is 5.22. The Labute approximate surface area is 167 Å². The number of hydrogen-bond donors (Lipinski definition) is 1. The first-order valence-electron chi connectivity index (χ1n) is 9.09. The molecule has 1 saturated carbocycles. The van der Waals surface area contributed by atoms with Crippen LogP contribution in [0.25, 0.3) is 0 Å². The van der Waals surface area contributed by atoms with Crippen LogP contribution in [0, 0.1) is 5.92 Å². The number of likely N-dealkylation sites (tertiary alicyclic amines) is 1. The predicted molar refractivity (Wildman–Crippen MR) is 101 cm³/mol. The van der Waals surface area contributed by atoms with Crippen LogP contribution < -0.4 is 0 Å². The number of aliphatic carboxylic acids is 1. The number of fused-ring (bicyclic) bond motifs is 2. The highest BCUT2D eigenvalue weighted by molar-refractivity contribution is 9.10. The molecular formula is C19H25BrN2O5. The molecule has 7 nitrogen and oxygen atoms in total. The van der Waals surface area contributed by atoms with Crippen LogP contribution in [0.1, 0.15) is 45.6 Å². The van der Waals surface area contributed by atoms with Gasteiger partial charge in [-0.3, -0.25) is 0 Å². The maximum absolute atomic E-state index is 12.6. The molecule has 1 aliphatic carbocycles. The van der Waals surface area contributed by atoms with Crippen molar-refractivity contribution in [3.05, 3.63) is 28.5 Å². The van der Waals surface area contributed by atoms with Crippen molar-refractivity contribution in [3.63, 3.8) is 0 Å². The second-order valence-corrected chi connectivity index (χ2v) is 8.92. The zero-order valence-corrected chi connectivity index (χ0v) is 17.4. The highest BCUT2D eigenvalue weighted by Gasteiger charge is 2.54. The molecule has 1 aromatic rings. The summed E-state index contributed by atoms with van der Waals surface area (Å²) in [6.07, 6.45) is 3.44. The highest BCUT2D eigenvalue weighted by atomic mass is 79.9. The number of carboxylic acids is 1. The third-order valence-corrected chi connectivity index (χ3v) is 5.85. The van der Waals surface area contributed by atoms with E-state index in [1.54, 1.807) is 11.1 Å². The van der Waals surface area contributed by atoms with Gasteiger partial charge in [0.05, 0.1) is 0 Å². The Kier molecular flexibility index (Phi) is 5.49. The minimum atomic E-state index is -1.02. The minimum absolute atomic E-state index is 0.0244. The fourth-order valence-electron chi connectivity index (χ4n) is 4.17. The number of rotatable bonds is 4. The van der Waals surface area contributed by atoms with Crippen LogP contribution >= 0.6 is 15.9 Å². The summed E-state index contributed by atoms with van der Waals surface area (Å²) in [5.41, 5.74) is -0.517. The number of ether oxygens (including phenoxy) is 2. The van der Waals surface area contributed by atoms with Gasteiger partial charge in [-0.2, -0.15) is 0 Å². The average molecular weight is 441 g/mol. The molecule has 1 aromatic heterocycles. The normalized spacial score (nSPS) is 27.5. The molecule has 8 heteroatoms. The van der Waals surface area contributed by atoms with E-state index in [-0.39, 0.29) is 18.1 Å². The summed E-state index contributed by atoms with van der Waals surface area (Å²) in [5, 5.41) is 9.18. The quantitative estimate of drug-likeness (QED) is 0.719. The summed E-state index contributed by atoms with van der Waals surface area (Å²) in [6, 6.07) is 3.82. The Balaban J connectivity index is 1.90. The molecule has 1 saturated heterocycles. The molecule has 1 amide bonds. The number of hydrogen-bond acceptors (Lipinski definition) is 5. The van der Waals surface area contributed by atoms with Crippen LogP contribution in [-0.4, -0.2) is 51.8 Å². The average Bonchev–Trinajstić information content (AvgIpc) is 2.93. The van der Waals surface area contributed by atoms with Crippen LogP contribution in [0.5, 0.6) is 0 Å². The Bertz CT molecular complexity index is 735. The summed E-state index contributed by atoms with van der Waals surface area (Å²) in [7, 11) is 0. The highest BCUT2D eigenvalue weighted by Crippen LogP contribution is 2.51. The van der Waals surface area contributed by atoms with Crippen molar-refractivity contribution in [3.8, 4) is 0 Å². The van der Waals surface area contributed by atoms with Crippen molar-refractivity contribution in [2.45, 2.75) is 57.3 Å². The predicted octanol–water partition coefficient (Wildman–Crippen LogP) is 3.56. The van der Waals surface area contributed by atoms with E-state index in [0.717, 1.165) is 18.4 Å². The van der Waals surface area contributed by atoms with E-state index in [9.17, 15) is 14.7 Å². The summed E-state index contributed by atoms with van der Waals surface area (Å²) >= 11 is 3.48. The van der Waals surface area contributed by atoms with Crippen molar-refractivity contribution in [2.75, 3.05) is 13.2 Å². The van der Waals surface area contributed by atoms with Gasteiger partial charge in [0.1, 0.15) is 22.4 Å². The van der Waals surface area contributed by atoms with Crippen molar-refractivity contribution >= 4 is 28.0 Å². The lowest BCUT2D eigenvalue weighted by molar-refractivity contribution is -0.158. The van der Waals surface area contributed by atoms with Gasteiger partial charge in [0.15, 0.2) is 0 Å². The number of carbonyl (C=O) groups is 2. The topological polar surface area (TPSA) is 89.0 Å². The smallest absolute Gasteiger partial charge is 0.410 e. The lowest BCUT2D eigenvalue weighted by Crippen LogP contribution is -2.43. The Morgan fingerprint density at radius 2 is 2.19 bits per heavy atom. The number of nitrogens with zero attached hydrogens (tertiary/aromatic N) is 2. The van der Waals surface area contributed by atoms with Crippen LogP contribution in [-0.2, 0) is 19.9 Å². The summed E-state index contributed by atoms with van der Waals surface area (Å²) in [4.78, 5) is 29.9. The van der Waals surface area contributed by atoms with Crippen molar-refractivity contribution in [1.82, 2.24) is 9.88 Å². The standard InChI is InChI=1S/C19H25BrN2O5/c1-18(2,3)27-17(25)22-10-12-9-13(22)6-7-19(12,26-11-15(23)24)14-5-4-8-21-16(14)20/h4-5,8,12-13H,6-7,9-11H2,1-3H3,(H,23,24). The van der Waals surface area contributed by atoms with Gasteiger partial charge in [0.25, 0.3) is 0 Å². The maximum atomic E-state index is 12.6. The lowest BCUT2D eigenvalue weighted by atomic mass is 9.72. The van der Waals surface area contributed by atoms with Crippen LogP contribution in [0.3, 0.4) is 0 Å². The third kappa shape index (κ3) is 4.11.